The third-order valence-electron chi connectivity index (χ3n) is 3.13. The van der Waals surface area contributed by atoms with Crippen molar-refractivity contribution in [3.8, 4) is 0 Å². The standard InChI is InChI=1S/C11H15BO3/c1-15-11-6-9(7-11)8-2-4-10(5-3-8)12(13)14/h2-5,9,11,13-14H,6-7H2,1H3. The molecule has 4 heteroatoms. The molecule has 0 amide bonds. The number of methoxy groups -OCH3 is 1. The molecule has 2 rings (SSSR count). The van der Waals surface area contributed by atoms with E-state index >= 15 is 0 Å². The first-order valence-electron chi connectivity index (χ1n) is 5.19. The third kappa shape index (κ3) is 2.22. The first-order chi connectivity index (χ1) is 7.20. The topological polar surface area (TPSA) is 49.7 Å². The zero-order chi connectivity index (χ0) is 10.8. The maximum atomic E-state index is 8.94. The van der Waals surface area contributed by atoms with E-state index in [0.29, 0.717) is 17.5 Å². The molecule has 1 saturated carbocycles. The largest absolute Gasteiger partial charge is 0.488 e. The summed E-state index contributed by atoms with van der Waals surface area (Å²) < 4.78 is 5.22. The van der Waals surface area contributed by atoms with E-state index in [9.17, 15) is 0 Å². The Morgan fingerprint density at radius 3 is 2.27 bits per heavy atom. The summed E-state index contributed by atoms with van der Waals surface area (Å²) in [5.41, 5.74) is 1.80. The van der Waals surface area contributed by atoms with Gasteiger partial charge in [0, 0.05) is 7.11 Å². The lowest BCUT2D eigenvalue weighted by molar-refractivity contribution is 0.0258. The fourth-order valence-corrected chi connectivity index (χ4v) is 1.97. The van der Waals surface area contributed by atoms with E-state index in [1.165, 1.54) is 5.56 Å². The van der Waals surface area contributed by atoms with Gasteiger partial charge in [-0.3, -0.25) is 0 Å². The summed E-state index contributed by atoms with van der Waals surface area (Å²) in [6, 6.07) is 7.46. The molecule has 3 nitrogen and oxygen atoms in total. The minimum Gasteiger partial charge on any atom is -0.423 e. The second-order valence-corrected chi connectivity index (χ2v) is 4.07. The molecule has 0 unspecified atom stereocenters. The average Bonchev–Trinajstić information content (AvgIpc) is 2.17. The lowest BCUT2D eigenvalue weighted by Crippen LogP contribution is -2.31. The van der Waals surface area contributed by atoms with Gasteiger partial charge in [-0.1, -0.05) is 24.3 Å². The van der Waals surface area contributed by atoms with Crippen LogP contribution in [-0.2, 0) is 4.74 Å². The van der Waals surface area contributed by atoms with Crippen LogP contribution >= 0.6 is 0 Å². The van der Waals surface area contributed by atoms with Crippen molar-refractivity contribution in [2.45, 2.75) is 24.9 Å². The van der Waals surface area contributed by atoms with Gasteiger partial charge in [-0.2, -0.15) is 0 Å². The maximum absolute atomic E-state index is 8.94. The van der Waals surface area contributed by atoms with Crippen molar-refractivity contribution >= 4 is 12.6 Å². The fraction of sp³-hybridized carbons (Fsp3) is 0.455. The molecule has 0 heterocycles. The van der Waals surface area contributed by atoms with E-state index in [1.54, 1.807) is 19.2 Å². The van der Waals surface area contributed by atoms with Gasteiger partial charge in [0.05, 0.1) is 6.10 Å². The first kappa shape index (κ1) is 10.7. The van der Waals surface area contributed by atoms with Gasteiger partial charge in [0.25, 0.3) is 0 Å². The van der Waals surface area contributed by atoms with Gasteiger partial charge in [-0.25, -0.2) is 0 Å². The molecule has 1 aromatic rings. The molecule has 0 saturated heterocycles. The minimum atomic E-state index is -1.37. The van der Waals surface area contributed by atoms with Crippen LogP contribution in [0.25, 0.3) is 0 Å². The monoisotopic (exact) mass is 206 g/mol. The molecule has 1 fully saturated rings. The van der Waals surface area contributed by atoms with E-state index in [2.05, 4.69) is 0 Å². The van der Waals surface area contributed by atoms with Crippen LogP contribution in [0.1, 0.15) is 24.3 Å². The predicted molar refractivity (Wildman–Crippen MR) is 59.0 cm³/mol. The highest BCUT2D eigenvalue weighted by Crippen LogP contribution is 2.37. The molecule has 2 N–H and O–H groups in total. The summed E-state index contributed by atoms with van der Waals surface area (Å²) in [7, 11) is 0.374. The normalized spacial score (nSPS) is 24.7. The van der Waals surface area contributed by atoms with Crippen molar-refractivity contribution in [2.75, 3.05) is 7.11 Å². The smallest absolute Gasteiger partial charge is 0.423 e. The summed E-state index contributed by atoms with van der Waals surface area (Å²) in [4.78, 5) is 0. The maximum Gasteiger partial charge on any atom is 0.488 e. The van der Waals surface area contributed by atoms with Crippen LogP contribution in [0.15, 0.2) is 24.3 Å². The third-order valence-corrected chi connectivity index (χ3v) is 3.13. The van der Waals surface area contributed by atoms with Gasteiger partial charge < -0.3 is 14.8 Å². The molecule has 0 atom stereocenters. The Kier molecular flexibility index (Phi) is 3.10. The molecule has 0 radical (unpaired) electrons. The minimum absolute atomic E-state index is 0.401. The van der Waals surface area contributed by atoms with Crippen LogP contribution in [0.5, 0.6) is 0 Å². The fourth-order valence-electron chi connectivity index (χ4n) is 1.97. The Bertz CT molecular complexity index is 317. The molecule has 80 valence electrons. The Morgan fingerprint density at radius 2 is 1.80 bits per heavy atom. The summed E-state index contributed by atoms with van der Waals surface area (Å²) >= 11 is 0. The molecular weight excluding hydrogens is 191 g/mol. The zero-order valence-corrected chi connectivity index (χ0v) is 8.76. The quantitative estimate of drug-likeness (QED) is 0.697. The molecule has 0 spiro atoms. The van der Waals surface area contributed by atoms with Crippen LogP contribution < -0.4 is 5.46 Å². The van der Waals surface area contributed by atoms with Gasteiger partial charge in [-0.05, 0) is 29.8 Å². The van der Waals surface area contributed by atoms with E-state index in [-0.39, 0.29) is 0 Å². The Hall–Kier alpha value is -0.835. The van der Waals surface area contributed by atoms with Crippen LogP contribution in [-0.4, -0.2) is 30.4 Å². The van der Waals surface area contributed by atoms with Crippen LogP contribution in [0.2, 0.25) is 0 Å². The van der Waals surface area contributed by atoms with Crippen molar-refractivity contribution < 1.29 is 14.8 Å². The van der Waals surface area contributed by atoms with Crippen molar-refractivity contribution in [1.82, 2.24) is 0 Å². The summed E-state index contributed by atoms with van der Waals surface area (Å²) in [6.07, 6.45) is 2.54. The Labute approximate surface area is 89.8 Å². The van der Waals surface area contributed by atoms with E-state index in [4.69, 9.17) is 14.8 Å². The highest BCUT2D eigenvalue weighted by molar-refractivity contribution is 6.58. The Morgan fingerprint density at radius 1 is 1.20 bits per heavy atom. The number of rotatable bonds is 3. The second kappa shape index (κ2) is 4.35. The highest BCUT2D eigenvalue weighted by Gasteiger charge is 2.30. The van der Waals surface area contributed by atoms with Crippen LogP contribution in [0.4, 0.5) is 0 Å². The first-order valence-corrected chi connectivity index (χ1v) is 5.19. The van der Waals surface area contributed by atoms with Crippen LogP contribution in [0.3, 0.4) is 0 Å². The van der Waals surface area contributed by atoms with Crippen LogP contribution in [0, 0.1) is 0 Å². The number of benzene rings is 1. The van der Waals surface area contributed by atoms with E-state index < -0.39 is 7.12 Å². The SMILES string of the molecule is COC1CC(c2ccc(B(O)O)cc2)C1. The van der Waals surface area contributed by atoms with Crippen molar-refractivity contribution in [2.24, 2.45) is 0 Å². The summed E-state index contributed by atoms with van der Waals surface area (Å²) in [6.45, 7) is 0. The molecule has 1 aliphatic rings. The number of hydrogen-bond acceptors (Lipinski definition) is 3. The van der Waals surface area contributed by atoms with Gasteiger partial charge in [0.15, 0.2) is 0 Å². The molecule has 1 aromatic carbocycles. The van der Waals surface area contributed by atoms with Gasteiger partial charge in [0.2, 0.25) is 0 Å². The van der Waals surface area contributed by atoms with Gasteiger partial charge in [-0.15, -0.1) is 0 Å². The van der Waals surface area contributed by atoms with E-state index in [0.717, 1.165) is 12.8 Å². The lowest BCUT2D eigenvalue weighted by atomic mass is 9.75. The number of hydrogen-bond donors (Lipinski definition) is 2. The molecule has 0 aliphatic heterocycles. The Balaban J connectivity index is 1.99. The molecular formula is C11H15BO3. The predicted octanol–water partition coefficient (Wildman–Crippen LogP) is 0.259. The van der Waals surface area contributed by atoms with Crippen molar-refractivity contribution in [3.63, 3.8) is 0 Å². The summed E-state index contributed by atoms with van der Waals surface area (Å²) in [5, 5.41) is 17.9. The number of ether oxygens (including phenoxy) is 1. The van der Waals surface area contributed by atoms with Gasteiger partial charge >= 0.3 is 7.12 Å². The van der Waals surface area contributed by atoms with E-state index in [1.807, 2.05) is 12.1 Å². The van der Waals surface area contributed by atoms with Gasteiger partial charge in [0.1, 0.15) is 0 Å². The lowest BCUT2D eigenvalue weighted by Gasteiger charge is -2.34. The molecule has 0 bridgehead atoms. The van der Waals surface area contributed by atoms with Crippen molar-refractivity contribution in [1.29, 1.82) is 0 Å². The summed E-state index contributed by atoms with van der Waals surface area (Å²) in [5.74, 6) is 0.569. The molecule has 15 heavy (non-hydrogen) atoms. The average molecular weight is 206 g/mol. The molecule has 1 aliphatic carbocycles. The highest BCUT2D eigenvalue weighted by atomic mass is 16.5. The second-order valence-electron chi connectivity index (χ2n) is 4.07. The van der Waals surface area contributed by atoms with Crippen molar-refractivity contribution in [3.05, 3.63) is 29.8 Å². The zero-order valence-electron chi connectivity index (χ0n) is 8.76. The molecule has 0 aromatic heterocycles.